The van der Waals surface area contributed by atoms with E-state index in [0.29, 0.717) is 0 Å². The van der Waals surface area contributed by atoms with E-state index in [1.165, 1.54) is 6.26 Å². The van der Waals surface area contributed by atoms with Gasteiger partial charge in [0, 0.05) is 12.7 Å². The number of hydrogen-bond acceptors (Lipinski definition) is 3. The standard InChI is InChI=1S/C11H13BrO3S/c1-16(13,14)7-10(12)8-2-3-11-9(6-8)4-5-15-11/h2-3,6,10H,4-5,7H2,1H3. The zero-order valence-corrected chi connectivity index (χ0v) is 11.3. The largest absolute Gasteiger partial charge is 0.493 e. The molecule has 3 nitrogen and oxygen atoms in total. The van der Waals surface area contributed by atoms with Crippen LogP contribution in [0, 0.1) is 0 Å². The highest BCUT2D eigenvalue weighted by atomic mass is 79.9. The highest BCUT2D eigenvalue weighted by molar-refractivity contribution is 9.09. The number of benzene rings is 1. The van der Waals surface area contributed by atoms with Gasteiger partial charge in [0.25, 0.3) is 0 Å². The molecule has 0 N–H and O–H groups in total. The Labute approximate surface area is 104 Å². The van der Waals surface area contributed by atoms with E-state index in [1.54, 1.807) is 0 Å². The summed E-state index contributed by atoms with van der Waals surface area (Å²) in [5.41, 5.74) is 2.16. The molecule has 1 aromatic rings. The molecule has 1 aliphatic heterocycles. The van der Waals surface area contributed by atoms with Gasteiger partial charge in [-0.05, 0) is 17.2 Å². The zero-order chi connectivity index (χ0) is 11.8. The smallest absolute Gasteiger partial charge is 0.148 e. The molecule has 1 atom stereocenters. The first-order valence-corrected chi connectivity index (χ1v) is 8.01. The number of hydrogen-bond donors (Lipinski definition) is 0. The molecule has 16 heavy (non-hydrogen) atoms. The molecule has 0 spiro atoms. The van der Waals surface area contributed by atoms with Gasteiger partial charge in [-0.1, -0.05) is 28.1 Å². The third-order valence-electron chi connectivity index (χ3n) is 2.52. The molecule has 0 radical (unpaired) electrons. The van der Waals surface area contributed by atoms with Crippen LogP contribution in [0.15, 0.2) is 18.2 Å². The predicted octanol–water partition coefficient (Wildman–Crippen LogP) is 2.10. The maximum Gasteiger partial charge on any atom is 0.148 e. The van der Waals surface area contributed by atoms with E-state index >= 15 is 0 Å². The average molecular weight is 305 g/mol. The minimum Gasteiger partial charge on any atom is -0.493 e. The molecule has 5 heteroatoms. The molecule has 0 saturated heterocycles. The average Bonchev–Trinajstić information content (AvgIpc) is 2.61. The van der Waals surface area contributed by atoms with E-state index in [-0.39, 0.29) is 10.6 Å². The molecule has 1 heterocycles. The predicted molar refractivity (Wildman–Crippen MR) is 67.0 cm³/mol. The number of ether oxygens (including phenoxy) is 1. The Bertz CT molecular complexity index is 496. The minimum absolute atomic E-state index is 0.118. The molecule has 0 bridgehead atoms. The second kappa shape index (κ2) is 4.37. The van der Waals surface area contributed by atoms with Gasteiger partial charge in [0.15, 0.2) is 0 Å². The van der Waals surface area contributed by atoms with E-state index < -0.39 is 9.84 Å². The van der Waals surface area contributed by atoms with Gasteiger partial charge in [0.2, 0.25) is 0 Å². The Morgan fingerprint density at radius 3 is 2.94 bits per heavy atom. The quantitative estimate of drug-likeness (QED) is 0.803. The number of sulfone groups is 1. The van der Waals surface area contributed by atoms with Crippen molar-refractivity contribution in [2.75, 3.05) is 18.6 Å². The summed E-state index contributed by atoms with van der Waals surface area (Å²) in [6.07, 6.45) is 2.15. The monoisotopic (exact) mass is 304 g/mol. The van der Waals surface area contributed by atoms with Crippen LogP contribution in [0.5, 0.6) is 5.75 Å². The summed E-state index contributed by atoms with van der Waals surface area (Å²) in [4.78, 5) is -0.145. The van der Waals surface area contributed by atoms with Crippen LogP contribution < -0.4 is 4.74 Å². The fourth-order valence-corrected chi connectivity index (χ4v) is 4.21. The van der Waals surface area contributed by atoms with Gasteiger partial charge in [-0.2, -0.15) is 0 Å². The van der Waals surface area contributed by atoms with Crippen LogP contribution in [-0.4, -0.2) is 27.0 Å². The number of rotatable bonds is 3. The van der Waals surface area contributed by atoms with Gasteiger partial charge in [0.05, 0.1) is 17.2 Å². The molecule has 1 aliphatic rings. The third kappa shape index (κ3) is 2.77. The Morgan fingerprint density at radius 2 is 2.25 bits per heavy atom. The zero-order valence-electron chi connectivity index (χ0n) is 8.94. The van der Waals surface area contributed by atoms with Gasteiger partial charge in [0.1, 0.15) is 15.6 Å². The highest BCUT2D eigenvalue weighted by Crippen LogP contribution is 2.31. The fourth-order valence-electron chi connectivity index (χ4n) is 1.76. The second-order valence-electron chi connectivity index (χ2n) is 4.03. The summed E-state index contributed by atoms with van der Waals surface area (Å²) >= 11 is 3.41. The summed E-state index contributed by atoms with van der Waals surface area (Å²) in [7, 11) is -2.96. The first-order chi connectivity index (χ1) is 7.46. The van der Waals surface area contributed by atoms with Crippen LogP contribution in [0.1, 0.15) is 16.0 Å². The number of fused-ring (bicyclic) bond motifs is 1. The van der Waals surface area contributed by atoms with E-state index in [1.807, 2.05) is 18.2 Å². The van der Waals surface area contributed by atoms with Crippen LogP contribution in [0.25, 0.3) is 0 Å². The summed E-state index contributed by atoms with van der Waals surface area (Å²) in [5.74, 6) is 1.04. The second-order valence-corrected chi connectivity index (χ2v) is 7.32. The first-order valence-electron chi connectivity index (χ1n) is 5.03. The molecule has 1 unspecified atom stereocenters. The molecular formula is C11H13BrO3S. The first kappa shape index (κ1) is 11.9. The van der Waals surface area contributed by atoms with Crippen molar-refractivity contribution in [3.05, 3.63) is 29.3 Å². The fraction of sp³-hybridized carbons (Fsp3) is 0.455. The lowest BCUT2D eigenvalue weighted by molar-refractivity contribution is 0.357. The van der Waals surface area contributed by atoms with Gasteiger partial charge in [-0.25, -0.2) is 8.42 Å². The minimum atomic E-state index is -2.96. The van der Waals surface area contributed by atoms with Crippen molar-refractivity contribution in [2.24, 2.45) is 0 Å². The third-order valence-corrected chi connectivity index (χ3v) is 4.74. The van der Waals surface area contributed by atoms with Crippen LogP contribution >= 0.6 is 15.9 Å². The van der Waals surface area contributed by atoms with Gasteiger partial charge in [-0.3, -0.25) is 0 Å². The van der Waals surface area contributed by atoms with Crippen LogP contribution in [-0.2, 0) is 16.3 Å². The SMILES string of the molecule is CS(=O)(=O)CC(Br)c1ccc2c(c1)CCO2. The van der Waals surface area contributed by atoms with Crippen molar-refractivity contribution < 1.29 is 13.2 Å². The van der Waals surface area contributed by atoms with E-state index in [9.17, 15) is 8.42 Å². The normalized spacial score (nSPS) is 16.6. The van der Waals surface area contributed by atoms with Crippen molar-refractivity contribution in [1.82, 2.24) is 0 Å². The molecule has 1 aromatic carbocycles. The van der Waals surface area contributed by atoms with Crippen LogP contribution in [0.4, 0.5) is 0 Å². The van der Waals surface area contributed by atoms with Crippen molar-refractivity contribution in [3.63, 3.8) is 0 Å². The Kier molecular flexibility index (Phi) is 3.26. The highest BCUT2D eigenvalue weighted by Gasteiger charge is 2.18. The van der Waals surface area contributed by atoms with Gasteiger partial charge >= 0.3 is 0 Å². The topological polar surface area (TPSA) is 43.4 Å². The molecule has 0 aromatic heterocycles. The number of halogens is 1. The molecule has 0 amide bonds. The molecule has 2 rings (SSSR count). The van der Waals surface area contributed by atoms with Crippen molar-refractivity contribution >= 4 is 25.8 Å². The lowest BCUT2D eigenvalue weighted by Crippen LogP contribution is -2.08. The van der Waals surface area contributed by atoms with E-state index in [4.69, 9.17) is 4.74 Å². The molecule has 88 valence electrons. The van der Waals surface area contributed by atoms with Gasteiger partial charge < -0.3 is 4.74 Å². The van der Waals surface area contributed by atoms with E-state index in [2.05, 4.69) is 15.9 Å². The lowest BCUT2D eigenvalue weighted by atomic mass is 10.1. The van der Waals surface area contributed by atoms with Crippen LogP contribution in [0.3, 0.4) is 0 Å². The number of alkyl halides is 1. The lowest BCUT2D eigenvalue weighted by Gasteiger charge is -2.10. The summed E-state index contributed by atoms with van der Waals surface area (Å²) in [5, 5.41) is 0. The maximum atomic E-state index is 11.2. The van der Waals surface area contributed by atoms with Crippen molar-refractivity contribution in [3.8, 4) is 5.75 Å². The van der Waals surface area contributed by atoms with Crippen LogP contribution in [0.2, 0.25) is 0 Å². The molecule has 0 aliphatic carbocycles. The summed E-state index contributed by atoms with van der Waals surface area (Å²) < 4.78 is 27.8. The molecule has 0 saturated carbocycles. The molecule has 0 fully saturated rings. The Balaban J connectivity index is 2.21. The van der Waals surface area contributed by atoms with Crippen molar-refractivity contribution in [1.29, 1.82) is 0 Å². The maximum absolute atomic E-state index is 11.2. The summed E-state index contributed by atoms with van der Waals surface area (Å²) in [6, 6.07) is 5.84. The Morgan fingerprint density at radius 1 is 1.50 bits per heavy atom. The Hall–Kier alpha value is -0.550. The summed E-state index contributed by atoms with van der Waals surface area (Å²) in [6.45, 7) is 0.720. The van der Waals surface area contributed by atoms with Crippen molar-refractivity contribution in [2.45, 2.75) is 11.2 Å². The van der Waals surface area contributed by atoms with E-state index in [0.717, 1.165) is 29.9 Å². The van der Waals surface area contributed by atoms with Gasteiger partial charge in [-0.15, -0.1) is 0 Å². The molecular weight excluding hydrogens is 292 g/mol.